The fraction of sp³-hybridized carbons (Fsp3) is 0.350. The van der Waals surface area contributed by atoms with Gasteiger partial charge in [-0.25, -0.2) is 8.42 Å². The van der Waals surface area contributed by atoms with Crippen molar-refractivity contribution in [2.24, 2.45) is 0 Å². The molecule has 0 saturated carbocycles. The third kappa shape index (κ3) is 3.81. The van der Waals surface area contributed by atoms with Crippen LogP contribution in [-0.2, 0) is 16.7 Å². The van der Waals surface area contributed by atoms with E-state index in [1.54, 1.807) is 23.0 Å². The Morgan fingerprint density at radius 3 is 2.47 bits per heavy atom. The molecule has 1 fully saturated rings. The van der Waals surface area contributed by atoms with Gasteiger partial charge in [-0.15, -0.1) is 0 Å². The molecule has 0 aliphatic carbocycles. The third-order valence-corrected chi connectivity index (χ3v) is 7.51. The Kier molecular flexibility index (Phi) is 5.31. The van der Waals surface area contributed by atoms with Crippen molar-refractivity contribution in [1.82, 2.24) is 19.0 Å². The number of non-ortho nitro benzene ring substituents is 1. The van der Waals surface area contributed by atoms with Crippen molar-refractivity contribution in [2.45, 2.75) is 25.4 Å². The molecule has 2 heterocycles. The minimum atomic E-state index is -3.52. The highest BCUT2D eigenvalue weighted by Gasteiger charge is 2.29. The Hall–Kier alpha value is -2.82. The molecule has 0 unspecified atom stereocenters. The van der Waals surface area contributed by atoms with E-state index in [2.05, 4.69) is 10.00 Å². The summed E-state index contributed by atoms with van der Waals surface area (Å²) in [6.07, 6.45) is 1.61. The second-order valence-corrected chi connectivity index (χ2v) is 9.48. The van der Waals surface area contributed by atoms with Crippen molar-refractivity contribution >= 4 is 26.6 Å². The number of benzene rings is 2. The Bertz CT molecular complexity index is 1210. The number of nitrogens with zero attached hydrogens (tertiary/aromatic N) is 5. The van der Waals surface area contributed by atoms with Crippen LogP contribution in [-0.4, -0.2) is 58.5 Å². The van der Waals surface area contributed by atoms with Gasteiger partial charge >= 0.3 is 0 Å². The van der Waals surface area contributed by atoms with E-state index >= 15 is 0 Å². The summed E-state index contributed by atoms with van der Waals surface area (Å²) < 4.78 is 29.4. The fourth-order valence-corrected chi connectivity index (χ4v) is 5.46. The zero-order valence-corrected chi connectivity index (χ0v) is 17.7. The number of aryl methyl sites for hydroxylation is 2. The van der Waals surface area contributed by atoms with E-state index in [4.69, 9.17) is 0 Å². The molecule has 4 rings (SSSR count). The Morgan fingerprint density at radius 1 is 1.07 bits per heavy atom. The number of piperazine rings is 1. The van der Waals surface area contributed by atoms with Crippen LogP contribution in [0.25, 0.3) is 10.9 Å². The van der Waals surface area contributed by atoms with Gasteiger partial charge in [0.05, 0.1) is 28.2 Å². The number of rotatable bonds is 5. The SMILES string of the molecule is Cc1ccc(S(=O)(=O)N2CCN(Cn3ncc4cc([N+](=O)[O-])ccc43)CC2)c(C)c1. The van der Waals surface area contributed by atoms with Crippen LogP contribution in [0.15, 0.2) is 47.5 Å². The van der Waals surface area contributed by atoms with Crippen molar-refractivity contribution < 1.29 is 13.3 Å². The summed E-state index contributed by atoms with van der Waals surface area (Å²) in [5.74, 6) is 0. The smallest absolute Gasteiger partial charge is 0.270 e. The van der Waals surface area contributed by atoms with Crippen LogP contribution in [0.5, 0.6) is 0 Å². The third-order valence-electron chi connectivity index (χ3n) is 5.45. The molecule has 1 saturated heterocycles. The van der Waals surface area contributed by atoms with E-state index in [1.165, 1.54) is 16.4 Å². The predicted molar refractivity (Wildman–Crippen MR) is 113 cm³/mol. The normalized spacial score (nSPS) is 16.2. The molecule has 0 atom stereocenters. The van der Waals surface area contributed by atoms with Crippen molar-refractivity contribution in [2.75, 3.05) is 26.2 Å². The van der Waals surface area contributed by atoms with Crippen molar-refractivity contribution in [3.05, 3.63) is 63.8 Å². The second-order valence-electron chi connectivity index (χ2n) is 7.58. The number of hydrogen-bond acceptors (Lipinski definition) is 6. The van der Waals surface area contributed by atoms with E-state index in [1.807, 2.05) is 26.0 Å². The molecule has 9 nitrogen and oxygen atoms in total. The predicted octanol–water partition coefficient (Wildman–Crippen LogP) is 2.53. The van der Waals surface area contributed by atoms with E-state index < -0.39 is 14.9 Å². The molecular weight excluding hydrogens is 406 g/mol. The van der Waals surface area contributed by atoms with Gasteiger partial charge in [0.15, 0.2) is 0 Å². The zero-order chi connectivity index (χ0) is 21.5. The molecule has 0 radical (unpaired) electrons. The summed E-state index contributed by atoms with van der Waals surface area (Å²) in [4.78, 5) is 13.0. The molecule has 0 amide bonds. The molecule has 158 valence electrons. The van der Waals surface area contributed by atoms with Crippen LogP contribution in [0.2, 0.25) is 0 Å². The number of nitro groups is 1. The first kappa shape index (κ1) is 20.5. The summed E-state index contributed by atoms with van der Waals surface area (Å²) in [6, 6.07) is 10.1. The van der Waals surface area contributed by atoms with Gasteiger partial charge in [0.25, 0.3) is 5.69 Å². The highest BCUT2D eigenvalue weighted by atomic mass is 32.2. The lowest BCUT2D eigenvalue weighted by atomic mass is 10.2. The summed E-state index contributed by atoms with van der Waals surface area (Å²) in [5, 5.41) is 16.0. The highest BCUT2D eigenvalue weighted by molar-refractivity contribution is 7.89. The second kappa shape index (κ2) is 7.78. The quantitative estimate of drug-likeness (QED) is 0.456. The van der Waals surface area contributed by atoms with Gasteiger partial charge in [-0.05, 0) is 31.5 Å². The molecular formula is C20H23N5O4S. The first-order valence-corrected chi connectivity index (χ1v) is 11.1. The van der Waals surface area contributed by atoms with Gasteiger partial charge in [0.2, 0.25) is 10.0 Å². The molecule has 10 heteroatoms. The van der Waals surface area contributed by atoms with Gasteiger partial charge in [-0.3, -0.25) is 19.7 Å². The number of aromatic nitrogens is 2. The largest absolute Gasteiger partial charge is 0.282 e. The Labute approximate surface area is 174 Å². The van der Waals surface area contributed by atoms with Gasteiger partial charge in [-0.1, -0.05) is 17.7 Å². The average molecular weight is 430 g/mol. The molecule has 1 aliphatic heterocycles. The zero-order valence-electron chi connectivity index (χ0n) is 16.9. The van der Waals surface area contributed by atoms with Crippen LogP contribution >= 0.6 is 0 Å². The maximum absolute atomic E-state index is 13.0. The number of sulfonamides is 1. The van der Waals surface area contributed by atoms with Crippen LogP contribution in [0.4, 0.5) is 5.69 Å². The van der Waals surface area contributed by atoms with E-state index in [-0.39, 0.29) is 5.69 Å². The monoisotopic (exact) mass is 429 g/mol. The van der Waals surface area contributed by atoms with Crippen molar-refractivity contribution in [3.8, 4) is 0 Å². The topological polar surface area (TPSA) is 102 Å². The molecule has 1 aliphatic rings. The lowest BCUT2D eigenvalue weighted by Crippen LogP contribution is -2.49. The minimum Gasteiger partial charge on any atom is -0.282 e. The van der Waals surface area contributed by atoms with Gasteiger partial charge in [0.1, 0.15) is 0 Å². The van der Waals surface area contributed by atoms with Crippen LogP contribution in [0.1, 0.15) is 11.1 Å². The van der Waals surface area contributed by atoms with Gasteiger partial charge in [0, 0.05) is 43.7 Å². The van der Waals surface area contributed by atoms with Crippen LogP contribution < -0.4 is 0 Å². The first-order valence-electron chi connectivity index (χ1n) is 9.65. The molecule has 3 aromatic rings. The fourth-order valence-electron chi connectivity index (χ4n) is 3.83. The number of nitro benzene ring substituents is 1. The maximum atomic E-state index is 13.0. The average Bonchev–Trinajstić information content (AvgIpc) is 3.10. The maximum Gasteiger partial charge on any atom is 0.270 e. The van der Waals surface area contributed by atoms with E-state index in [9.17, 15) is 18.5 Å². The van der Waals surface area contributed by atoms with E-state index in [0.717, 1.165) is 16.6 Å². The van der Waals surface area contributed by atoms with Gasteiger partial charge < -0.3 is 0 Å². The van der Waals surface area contributed by atoms with Gasteiger partial charge in [-0.2, -0.15) is 9.40 Å². The molecule has 1 aromatic heterocycles. The van der Waals surface area contributed by atoms with Crippen LogP contribution in [0.3, 0.4) is 0 Å². The van der Waals surface area contributed by atoms with Crippen molar-refractivity contribution in [1.29, 1.82) is 0 Å². The lowest BCUT2D eigenvalue weighted by Gasteiger charge is -2.34. The standard InChI is InChI=1S/C20H23N5O4S/c1-15-3-6-20(16(2)11-15)30(28,29)23-9-7-22(8-10-23)14-24-19-5-4-18(25(26)27)12-17(19)13-21-24/h3-6,11-13H,7-10,14H2,1-2H3. The molecule has 0 spiro atoms. The van der Waals surface area contributed by atoms with Crippen molar-refractivity contribution in [3.63, 3.8) is 0 Å². The molecule has 0 N–H and O–H groups in total. The summed E-state index contributed by atoms with van der Waals surface area (Å²) in [7, 11) is -3.52. The number of fused-ring (bicyclic) bond motifs is 1. The summed E-state index contributed by atoms with van der Waals surface area (Å²) in [6.45, 7) is 6.24. The molecule has 30 heavy (non-hydrogen) atoms. The Balaban J connectivity index is 1.45. The molecule has 0 bridgehead atoms. The first-order chi connectivity index (χ1) is 14.3. The lowest BCUT2D eigenvalue weighted by molar-refractivity contribution is -0.384. The molecule has 2 aromatic carbocycles. The summed E-state index contributed by atoms with van der Waals surface area (Å²) in [5.41, 5.74) is 2.64. The Morgan fingerprint density at radius 2 is 1.80 bits per heavy atom. The highest BCUT2D eigenvalue weighted by Crippen LogP contribution is 2.23. The minimum absolute atomic E-state index is 0.0345. The summed E-state index contributed by atoms with van der Waals surface area (Å²) >= 11 is 0. The van der Waals surface area contributed by atoms with Crippen LogP contribution in [0, 0.1) is 24.0 Å². The van der Waals surface area contributed by atoms with E-state index in [0.29, 0.717) is 43.1 Å². The number of hydrogen-bond donors (Lipinski definition) is 0.